The van der Waals surface area contributed by atoms with E-state index in [-0.39, 0.29) is 11.2 Å². The Morgan fingerprint density at radius 1 is 1.25 bits per heavy atom. The van der Waals surface area contributed by atoms with Crippen molar-refractivity contribution >= 4 is 0 Å². The summed E-state index contributed by atoms with van der Waals surface area (Å²) in [5, 5.41) is 0. The van der Waals surface area contributed by atoms with E-state index in [0.717, 1.165) is 5.56 Å². The van der Waals surface area contributed by atoms with Crippen molar-refractivity contribution in [2.75, 3.05) is 0 Å². The summed E-state index contributed by atoms with van der Waals surface area (Å²) < 4.78 is 13.0. The highest BCUT2D eigenvalue weighted by molar-refractivity contribution is 5.29. The summed E-state index contributed by atoms with van der Waals surface area (Å²) in [5.74, 6) is -0.220. The van der Waals surface area contributed by atoms with Gasteiger partial charge in [-0.25, -0.2) is 4.39 Å². The summed E-state index contributed by atoms with van der Waals surface area (Å²) in [6.45, 7) is 7.95. The molecule has 0 unspecified atom stereocenters. The lowest BCUT2D eigenvalue weighted by Crippen LogP contribution is -2.14. The second-order valence-electron chi connectivity index (χ2n) is 4.04. The molecule has 0 saturated heterocycles. The van der Waals surface area contributed by atoms with Gasteiger partial charge in [0.25, 0.3) is 0 Å². The van der Waals surface area contributed by atoms with Crippen LogP contribution >= 0.6 is 0 Å². The number of halogens is 1. The van der Waals surface area contributed by atoms with Gasteiger partial charge in [-0.2, -0.15) is 0 Å². The quantitative estimate of drug-likeness (QED) is 0.579. The van der Waals surface area contributed by atoms with Gasteiger partial charge in [0, 0.05) is 6.20 Å². The average molecular weight is 167 g/mol. The van der Waals surface area contributed by atoms with Crippen molar-refractivity contribution in [1.82, 2.24) is 4.98 Å². The van der Waals surface area contributed by atoms with Crippen LogP contribution in [0.3, 0.4) is 0 Å². The van der Waals surface area contributed by atoms with Crippen LogP contribution in [0, 0.1) is 12.7 Å². The molecular formula is C10H14FN. The third-order valence-corrected chi connectivity index (χ3v) is 1.96. The number of hydrogen-bond acceptors (Lipinski definition) is 1. The Hall–Kier alpha value is -0.920. The number of rotatable bonds is 0. The van der Waals surface area contributed by atoms with Crippen LogP contribution in [0.4, 0.5) is 4.39 Å². The van der Waals surface area contributed by atoms with E-state index in [4.69, 9.17) is 0 Å². The van der Waals surface area contributed by atoms with Crippen molar-refractivity contribution in [3.05, 3.63) is 29.3 Å². The molecule has 1 rings (SSSR count). The Labute approximate surface area is 72.6 Å². The summed E-state index contributed by atoms with van der Waals surface area (Å²) in [5.41, 5.74) is 1.65. The first-order valence-electron chi connectivity index (χ1n) is 4.03. The van der Waals surface area contributed by atoms with E-state index in [1.165, 1.54) is 6.20 Å². The van der Waals surface area contributed by atoms with E-state index in [0.29, 0.717) is 5.56 Å². The van der Waals surface area contributed by atoms with E-state index in [9.17, 15) is 4.39 Å². The van der Waals surface area contributed by atoms with Crippen molar-refractivity contribution in [2.24, 2.45) is 0 Å². The molecule has 0 bridgehead atoms. The molecule has 0 aromatic carbocycles. The highest BCUT2D eigenvalue weighted by Gasteiger charge is 2.17. The summed E-state index contributed by atoms with van der Waals surface area (Å²) in [4.78, 5) is 3.84. The zero-order chi connectivity index (χ0) is 9.35. The van der Waals surface area contributed by atoms with Gasteiger partial charge in [-0.1, -0.05) is 20.8 Å². The van der Waals surface area contributed by atoms with Gasteiger partial charge in [-0.15, -0.1) is 0 Å². The lowest BCUT2D eigenvalue weighted by atomic mass is 9.85. The topological polar surface area (TPSA) is 12.9 Å². The largest absolute Gasteiger partial charge is 0.261 e. The molecule has 2 heteroatoms. The molecule has 12 heavy (non-hydrogen) atoms. The second-order valence-corrected chi connectivity index (χ2v) is 4.04. The van der Waals surface area contributed by atoms with E-state index in [2.05, 4.69) is 25.8 Å². The zero-order valence-electron chi connectivity index (χ0n) is 7.98. The molecule has 1 aromatic heterocycles. The minimum absolute atomic E-state index is 0.0286. The van der Waals surface area contributed by atoms with Gasteiger partial charge in [0.1, 0.15) is 5.82 Å². The van der Waals surface area contributed by atoms with Crippen LogP contribution in [0.5, 0.6) is 0 Å². The maximum absolute atomic E-state index is 13.0. The van der Waals surface area contributed by atoms with E-state index < -0.39 is 0 Å². The van der Waals surface area contributed by atoms with Crippen LogP contribution in [0.2, 0.25) is 0 Å². The smallest absolute Gasteiger partial charge is 0.144 e. The lowest BCUT2D eigenvalue weighted by molar-refractivity contribution is 0.556. The van der Waals surface area contributed by atoms with Gasteiger partial charge >= 0.3 is 0 Å². The fraction of sp³-hybridized carbons (Fsp3) is 0.500. The SMILES string of the molecule is Cc1c(F)cncc1C(C)(C)C. The molecule has 66 valence electrons. The van der Waals surface area contributed by atoms with Crippen molar-refractivity contribution < 1.29 is 4.39 Å². The Kier molecular flexibility index (Phi) is 2.18. The molecule has 0 amide bonds. The predicted octanol–water partition coefficient (Wildman–Crippen LogP) is 2.83. The molecule has 0 aliphatic carbocycles. The first-order valence-corrected chi connectivity index (χ1v) is 4.03. The molecule has 0 radical (unpaired) electrons. The van der Waals surface area contributed by atoms with Crippen LogP contribution in [-0.2, 0) is 5.41 Å². The summed E-state index contributed by atoms with van der Waals surface area (Å²) in [6, 6.07) is 0. The van der Waals surface area contributed by atoms with E-state index in [1.807, 2.05) is 0 Å². The maximum Gasteiger partial charge on any atom is 0.144 e. The van der Waals surface area contributed by atoms with Crippen LogP contribution in [0.1, 0.15) is 31.9 Å². The summed E-state index contributed by atoms with van der Waals surface area (Å²) >= 11 is 0. The zero-order valence-corrected chi connectivity index (χ0v) is 7.98. The highest BCUT2D eigenvalue weighted by atomic mass is 19.1. The fourth-order valence-electron chi connectivity index (χ4n) is 1.26. The van der Waals surface area contributed by atoms with Gasteiger partial charge < -0.3 is 0 Å². The molecule has 0 spiro atoms. The molecular weight excluding hydrogens is 153 g/mol. The molecule has 1 nitrogen and oxygen atoms in total. The number of aromatic nitrogens is 1. The first-order chi connectivity index (χ1) is 5.43. The van der Waals surface area contributed by atoms with Crippen molar-refractivity contribution in [3.63, 3.8) is 0 Å². The Balaban J connectivity index is 3.26. The van der Waals surface area contributed by atoms with Gasteiger partial charge in [0.2, 0.25) is 0 Å². The molecule has 0 atom stereocenters. The van der Waals surface area contributed by atoms with E-state index >= 15 is 0 Å². The molecule has 1 heterocycles. The summed E-state index contributed by atoms with van der Waals surface area (Å²) in [6.07, 6.45) is 2.99. The molecule has 0 saturated carbocycles. The van der Waals surface area contributed by atoms with Crippen molar-refractivity contribution in [2.45, 2.75) is 33.1 Å². The minimum atomic E-state index is -0.220. The number of nitrogens with zero attached hydrogens (tertiary/aromatic N) is 1. The molecule has 1 aromatic rings. The number of pyridine rings is 1. The van der Waals surface area contributed by atoms with E-state index in [1.54, 1.807) is 13.1 Å². The molecule has 0 aliphatic rings. The maximum atomic E-state index is 13.0. The normalized spacial score (nSPS) is 11.8. The Morgan fingerprint density at radius 2 is 1.83 bits per heavy atom. The fourth-order valence-corrected chi connectivity index (χ4v) is 1.26. The van der Waals surface area contributed by atoms with Crippen LogP contribution in [0.25, 0.3) is 0 Å². The molecule has 0 aliphatic heterocycles. The van der Waals surface area contributed by atoms with Crippen LogP contribution < -0.4 is 0 Å². The van der Waals surface area contributed by atoms with Crippen molar-refractivity contribution in [3.8, 4) is 0 Å². The summed E-state index contributed by atoms with van der Waals surface area (Å²) in [7, 11) is 0. The van der Waals surface area contributed by atoms with Gasteiger partial charge in [0.15, 0.2) is 0 Å². The van der Waals surface area contributed by atoms with Crippen LogP contribution in [-0.4, -0.2) is 4.98 Å². The Bertz CT molecular complexity index is 286. The van der Waals surface area contributed by atoms with Gasteiger partial charge in [-0.05, 0) is 23.5 Å². The monoisotopic (exact) mass is 167 g/mol. The highest BCUT2D eigenvalue weighted by Crippen LogP contribution is 2.25. The second kappa shape index (κ2) is 2.85. The number of hydrogen-bond donors (Lipinski definition) is 0. The Morgan fingerprint density at radius 3 is 2.25 bits per heavy atom. The molecule has 0 fully saturated rings. The van der Waals surface area contributed by atoms with Crippen LogP contribution in [0.15, 0.2) is 12.4 Å². The van der Waals surface area contributed by atoms with Gasteiger partial charge in [-0.3, -0.25) is 4.98 Å². The first kappa shape index (κ1) is 9.17. The van der Waals surface area contributed by atoms with Gasteiger partial charge in [0.05, 0.1) is 6.20 Å². The standard InChI is InChI=1S/C10H14FN/c1-7-8(10(2,3)4)5-12-6-9(7)11/h5-6H,1-4H3. The predicted molar refractivity (Wildman–Crippen MR) is 47.6 cm³/mol. The van der Waals surface area contributed by atoms with Crippen molar-refractivity contribution in [1.29, 1.82) is 0 Å². The molecule has 0 N–H and O–H groups in total. The lowest BCUT2D eigenvalue weighted by Gasteiger charge is -2.20. The minimum Gasteiger partial charge on any atom is -0.261 e. The average Bonchev–Trinajstić information content (AvgIpc) is 1.92. The third-order valence-electron chi connectivity index (χ3n) is 1.96. The third kappa shape index (κ3) is 1.63.